The average molecular weight is 376 g/mol. The minimum atomic E-state index is -4.51. The van der Waals surface area contributed by atoms with Crippen LogP contribution in [0, 0.1) is 29.6 Å². The van der Waals surface area contributed by atoms with E-state index >= 15 is 0 Å². The van der Waals surface area contributed by atoms with Gasteiger partial charge in [-0.1, -0.05) is 18.9 Å². The summed E-state index contributed by atoms with van der Waals surface area (Å²) in [5.74, 6) is 4.12. The van der Waals surface area contributed by atoms with Crippen molar-refractivity contribution in [2.75, 3.05) is 0 Å². The van der Waals surface area contributed by atoms with Crippen LogP contribution in [0.1, 0.15) is 56.1 Å². The average Bonchev–Trinajstić information content (AvgIpc) is 2.85. The van der Waals surface area contributed by atoms with E-state index in [-0.39, 0.29) is 11.2 Å². The van der Waals surface area contributed by atoms with Gasteiger partial charge < -0.3 is 9.29 Å². The first-order valence-corrected chi connectivity index (χ1v) is 10.5. The summed E-state index contributed by atoms with van der Waals surface area (Å²) in [6.07, 6.45) is 11.0. The van der Waals surface area contributed by atoms with Gasteiger partial charge in [0.15, 0.2) is 0 Å². The summed E-state index contributed by atoms with van der Waals surface area (Å²) in [4.78, 5) is 0. The highest BCUT2D eigenvalue weighted by Crippen LogP contribution is 2.64. The molecule has 2 saturated carbocycles. The van der Waals surface area contributed by atoms with Gasteiger partial charge in [-0.15, -0.1) is 6.42 Å². The second-order valence-corrected chi connectivity index (χ2v) is 9.31. The van der Waals surface area contributed by atoms with Gasteiger partial charge in [0.05, 0.1) is 0 Å². The summed E-state index contributed by atoms with van der Waals surface area (Å²) in [5, 5.41) is 11.0. The molecule has 6 heteroatoms. The van der Waals surface area contributed by atoms with Crippen LogP contribution in [0.2, 0.25) is 0 Å². The van der Waals surface area contributed by atoms with Crippen molar-refractivity contribution in [1.82, 2.24) is 0 Å². The van der Waals surface area contributed by atoms with Crippen LogP contribution in [0.3, 0.4) is 0 Å². The Morgan fingerprint density at radius 3 is 2.73 bits per heavy atom. The van der Waals surface area contributed by atoms with E-state index in [9.17, 15) is 13.5 Å². The molecular formula is C20H24O5S. The summed E-state index contributed by atoms with van der Waals surface area (Å²) < 4.78 is 35.4. The lowest BCUT2D eigenvalue weighted by atomic mass is 9.53. The molecule has 0 amide bonds. The van der Waals surface area contributed by atoms with Gasteiger partial charge in [-0.3, -0.25) is 4.55 Å². The highest BCUT2D eigenvalue weighted by Gasteiger charge is 2.61. The van der Waals surface area contributed by atoms with Gasteiger partial charge >= 0.3 is 10.4 Å². The smallest absolute Gasteiger partial charge is 0.377 e. The molecule has 0 radical (unpaired) electrons. The number of fused-ring (bicyclic) bond motifs is 5. The molecule has 2 fully saturated rings. The molecule has 0 heterocycles. The van der Waals surface area contributed by atoms with E-state index in [1.807, 2.05) is 6.07 Å². The molecule has 1 unspecified atom stereocenters. The quantitative estimate of drug-likeness (QED) is 0.612. The Morgan fingerprint density at radius 2 is 2.04 bits per heavy atom. The molecule has 1 aromatic carbocycles. The third-order valence-corrected chi connectivity index (χ3v) is 7.69. The summed E-state index contributed by atoms with van der Waals surface area (Å²) >= 11 is 0. The molecule has 0 bridgehead atoms. The number of rotatable bonds is 2. The van der Waals surface area contributed by atoms with Crippen molar-refractivity contribution >= 4 is 10.4 Å². The number of aryl methyl sites for hydroxylation is 1. The minimum Gasteiger partial charge on any atom is -0.377 e. The molecule has 2 N–H and O–H groups in total. The topological polar surface area (TPSA) is 83.8 Å². The second kappa shape index (κ2) is 5.72. The minimum absolute atomic E-state index is 0.146. The van der Waals surface area contributed by atoms with Crippen molar-refractivity contribution in [3.63, 3.8) is 0 Å². The van der Waals surface area contributed by atoms with Gasteiger partial charge in [0.25, 0.3) is 0 Å². The van der Waals surface area contributed by atoms with E-state index in [1.165, 1.54) is 5.56 Å². The Hall–Kier alpha value is -1.55. The zero-order valence-electron chi connectivity index (χ0n) is 14.8. The van der Waals surface area contributed by atoms with Gasteiger partial charge in [0.2, 0.25) is 0 Å². The Kier molecular flexibility index (Phi) is 3.93. The van der Waals surface area contributed by atoms with Crippen LogP contribution < -0.4 is 4.18 Å². The Morgan fingerprint density at radius 1 is 1.27 bits per heavy atom. The number of benzene rings is 1. The number of aliphatic hydroxyl groups is 1. The maximum Gasteiger partial charge on any atom is 0.446 e. The fraction of sp³-hybridized carbons (Fsp3) is 0.600. The van der Waals surface area contributed by atoms with Crippen molar-refractivity contribution < 1.29 is 22.3 Å². The first-order chi connectivity index (χ1) is 12.2. The number of hydrogen-bond acceptors (Lipinski definition) is 4. The number of terminal acetylenes is 1. The van der Waals surface area contributed by atoms with Crippen LogP contribution in [0.4, 0.5) is 0 Å². The molecular weight excluding hydrogens is 352 g/mol. The van der Waals surface area contributed by atoms with E-state index in [1.54, 1.807) is 12.1 Å². The van der Waals surface area contributed by atoms with E-state index in [2.05, 4.69) is 17.0 Å². The molecule has 140 valence electrons. The third-order valence-electron chi connectivity index (χ3n) is 7.29. The standard InChI is InChI=1S/C20H24O5S/c1-3-20(21)11-9-18-17-6-4-13-12-14(25-26(22,23)24)5-7-15(13)16(17)8-10-19(18,20)2/h1,5,7,12,16-18,21H,4,6,8-11H2,2H3,(H,22,23,24)/t16-,17+,18+,19+,20?/m1/s1. The predicted octanol–water partition coefficient (Wildman–Crippen LogP) is 3.09. The first-order valence-electron chi connectivity index (χ1n) is 9.17. The van der Waals surface area contributed by atoms with Crippen LogP contribution in [-0.2, 0) is 16.8 Å². The highest BCUT2D eigenvalue weighted by molar-refractivity contribution is 7.81. The summed E-state index contributed by atoms with van der Waals surface area (Å²) in [7, 11) is -4.51. The molecule has 0 saturated heterocycles. The lowest BCUT2D eigenvalue weighted by molar-refractivity contribution is -0.0646. The fourth-order valence-corrected chi connectivity index (χ4v) is 6.33. The lowest BCUT2D eigenvalue weighted by Crippen LogP contribution is -2.50. The predicted molar refractivity (Wildman–Crippen MR) is 97.0 cm³/mol. The second-order valence-electron chi connectivity index (χ2n) is 8.29. The maximum atomic E-state index is 11.0. The molecule has 26 heavy (non-hydrogen) atoms. The van der Waals surface area contributed by atoms with Gasteiger partial charge in [-0.25, -0.2) is 0 Å². The Bertz CT molecular complexity index is 886. The van der Waals surface area contributed by atoms with Crippen molar-refractivity contribution in [2.45, 2.75) is 57.0 Å². The maximum absolute atomic E-state index is 11.0. The van der Waals surface area contributed by atoms with E-state index in [4.69, 9.17) is 11.0 Å². The molecule has 0 aromatic heterocycles. The Balaban J connectivity index is 1.65. The summed E-state index contributed by atoms with van der Waals surface area (Å²) in [5.41, 5.74) is 1.09. The monoisotopic (exact) mass is 376 g/mol. The van der Waals surface area contributed by atoms with Crippen LogP contribution in [0.15, 0.2) is 18.2 Å². The van der Waals surface area contributed by atoms with Gasteiger partial charge in [0, 0.05) is 5.41 Å². The van der Waals surface area contributed by atoms with Gasteiger partial charge in [-0.05, 0) is 79.5 Å². The van der Waals surface area contributed by atoms with E-state index in [0.29, 0.717) is 24.2 Å². The summed E-state index contributed by atoms with van der Waals surface area (Å²) in [6.45, 7) is 2.15. The normalized spacial score (nSPS) is 38.6. The zero-order valence-corrected chi connectivity index (χ0v) is 15.6. The van der Waals surface area contributed by atoms with Crippen molar-refractivity contribution in [3.05, 3.63) is 29.3 Å². The molecule has 1 aromatic rings. The highest BCUT2D eigenvalue weighted by atomic mass is 32.3. The SMILES string of the molecule is C#CC1(O)CC[C@H]2[C@H]3CCc4cc(OS(=O)(=O)O)ccc4[C@H]3CC[C@@]21C. The molecule has 5 atom stereocenters. The van der Waals surface area contributed by atoms with Crippen molar-refractivity contribution in [1.29, 1.82) is 0 Å². The van der Waals surface area contributed by atoms with Crippen LogP contribution in [0.5, 0.6) is 5.75 Å². The largest absolute Gasteiger partial charge is 0.446 e. The third kappa shape index (κ3) is 2.57. The molecule has 3 aliphatic carbocycles. The zero-order chi connectivity index (χ0) is 18.7. The van der Waals surface area contributed by atoms with Crippen molar-refractivity contribution in [3.8, 4) is 18.1 Å². The van der Waals surface area contributed by atoms with Crippen LogP contribution in [0.25, 0.3) is 0 Å². The molecule has 4 rings (SSSR count). The molecule has 0 spiro atoms. The lowest BCUT2D eigenvalue weighted by Gasteiger charge is -2.52. The Labute approximate surface area is 154 Å². The fourth-order valence-electron chi connectivity index (χ4n) is 5.99. The van der Waals surface area contributed by atoms with E-state index in [0.717, 1.165) is 37.7 Å². The molecule has 0 aliphatic heterocycles. The van der Waals surface area contributed by atoms with Gasteiger partial charge in [-0.2, -0.15) is 8.42 Å². The van der Waals surface area contributed by atoms with Crippen LogP contribution >= 0.6 is 0 Å². The summed E-state index contributed by atoms with van der Waals surface area (Å²) in [6, 6.07) is 5.26. The van der Waals surface area contributed by atoms with Gasteiger partial charge in [0.1, 0.15) is 11.4 Å². The first kappa shape index (κ1) is 17.8. The van der Waals surface area contributed by atoms with Crippen molar-refractivity contribution in [2.24, 2.45) is 17.3 Å². The molecule has 5 nitrogen and oxygen atoms in total. The molecule has 3 aliphatic rings. The number of hydrogen-bond donors (Lipinski definition) is 2. The van der Waals surface area contributed by atoms with E-state index < -0.39 is 16.0 Å². The van der Waals surface area contributed by atoms with Crippen LogP contribution in [-0.4, -0.2) is 23.7 Å².